The SMILES string of the molecule is COc1cc(OC)cc(C2CN2N)c1. The van der Waals surface area contributed by atoms with Crippen LogP contribution in [-0.4, -0.2) is 25.8 Å². The fourth-order valence-electron chi connectivity index (χ4n) is 1.47. The van der Waals surface area contributed by atoms with Gasteiger partial charge in [-0.15, -0.1) is 0 Å². The second kappa shape index (κ2) is 3.48. The highest BCUT2D eigenvalue weighted by molar-refractivity contribution is 5.41. The molecule has 0 saturated carbocycles. The Hall–Kier alpha value is -1.26. The van der Waals surface area contributed by atoms with Crippen LogP contribution in [0.1, 0.15) is 11.6 Å². The summed E-state index contributed by atoms with van der Waals surface area (Å²) in [5.74, 6) is 7.24. The van der Waals surface area contributed by atoms with Crippen molar-refractivity contribution in [3.63, 3.8) is 0 Å². The van der Waals surface area contributed by atoms with Crippen LogP contribution < -0.4 is 15.3 Å². The molecule has 2 unspecified atom stereocenters. The number of nitrogens with zero attached hydrogens (tertiary/aromatic N) is 1. The van der Waals surface area contributed by atoms with Crippen molar-refractivity contribution in [3.8, 4) is 11.5 Å². The van der Waals surface area contributed by atoms with Crippen LogP contribution in [0.5, 0.6) is 11.5 Å². The third kappa shape index (κ3) is 1.66. The summed E-state index contributed by atoms with van der Waals surface area (Å²) in [6.07, 6.45) is 0. The molecule has 4 heteroatoms. The molecule has 1 aromatic carbocycles. The van der Waals surface area contributed by atoms with Crippen molar-refractivity contribution in [2.24, 2.45) is 5.84 Å². The summed E-state index contributed by atoms with van der Waals surface area (Å²) < 4.78 is 10.3. The lowest BCUT2D eigenvalue weighted by Crippen LogP contribution is -2.06. The lowest BCUT2D eigenvalue weighted by Gasteiger charge is -2.07. The number of benzene rings is 1. The molecular weight excluding hydrogens is 180 g/mol. The number of rotatable bonds is 3. The lowest BCUT2D eigenvalue weighted by atomic mass is 10.1. The van der Waals surface area contributed by atoms with Crippen LogP contribution in [0.25, 0.3) is 0 Å². The standard InChI is InChI=1S/C10H14N2O2/c1-13-8-3-7(10-6-12(10)11)4-9(5-8)14-2/h3-5,10H,6,11H2,1-2H3. The van der Waals surface area contributed by atoms with E-state index in [1.165, 1.54) is 0 Å². The molecule has 1 aliphatic rings. The van der Waals surface area contributed by atoms with Crippen molar-refractivity contribution in [1.82, 2.24) is 5.01 Å². The van der Waals surface area contributed by atoms with Gasteiger partial charge >= 0.3 is 0 Å². The van der Waals surface area contributed by atoms with Gasteiger partial charge in [0.15, 0.2) is 0 Å². The first-order valence-electron chi connectivity index (χ1n) is 4.49. The fourth-order valence-corrected chi connectivity index (χ4v) is 1.47. The number of methoxy groups -OCH3 is 2. The molecule has 1 aliphatic heterocycles. The van der Waals surface area contributed by atoms with Crippen molar-refractivity contribution in [2.45, 2.75) is 6.04 Å². The van der Waals surface area contributed by atoms with Gasteiger partial charge in [0.05, 0.1) is 20.3 Å². The van der Waals surface area contributed by atoms with Crippen molar-refractivity contribution < 1.29 is 9.47 Å². The van der Waals surface area contributed by atoms with Crippen LogP contribution in [0.15, 0.2) is 18.2 Å². The number of nitrogens with two attached hydrogens (primary N) is 1. The van der Waals surface area contributed by atoms with Crippen LogP contribution >= 0.6 is 0 Å². The average molecular weight is 194 g/mol. The third-order valence-corrected chi connectivity index (χ3v) is 2.41. The van der Waals surface area contributed by atoms with Gasteiger partial charge in [0.1, 0.15) is 11.5 Å². The van der Waals surface area contributed by atoms with E-state index in [1.807, 2.05) is 18.2 Å². The Kier molecular flexibility index (Phi) is 2.31. The Labute approximate surface area is 83.2 Å². The molecule has 14 heavy (non-hydrogen) atoms. The summed E-state index contributed by atoms with van der Waals surface area (Å²) in [5.41, 5.74) is 1.14. The second-order valence-electron chi connectivity index (χ2n) is 3.36. The van der Waals surface area contributed by atoms with Crippen LogP contribution in [0.4, 0.5) is 0 Å². The van der Waals surface area contributed by atoms with Gasteiger partial charge in [0.25, 0.3) is 0 Å². The molecule has 0 amide bonds. The van der Waals surface area contributed by atoms with E-state index in [4.69, 9.17) is 15.3 Å². The summed E-state index contributed by atoms with van der Waals surface area (Å²) in [6.45, 7) is 0.899. The van der Waals surface area contributed by atoms with Crippen molar-refractivity contribution in [2.75, 3.05) is 20.8 Å². The molecular formula is C10H14N2O2. The Morgan fingerprint density at radius 2 is 1.71 bits per heavy atom. The van der Waals surface area contributed by atoms with Crippen molar-refractivity contribution in [3.05, 3.63) is 23.8 Å². The molecule has 1 aromatic rings. The number of hydrogen-bond donors (Lipinski definition) is 1. The molecule has 0 radical (unpaired) electrons. The van der Waals surface area contributed by atoms with Crippen LogP contribution in [0.2, 0.25) is 0 Å². The van der Waals surface area contributed by atoms with E-state index in [0.717, 1.165) is 23.6 Å². The Morgan fingerprint density at radius 1 is 1.21 bits per heavy atom. The summed E-state index contributed by atoms with van der Waals surface area (Å²) in [5, 5.41) is 1.77. The van der Waals surface area contributed by atoms with E-state index in [2.05, 4.69) is 0 Å². The van der Waals surface area contributed by atoms with Gasteiger partial charge < -0.3 is 9.47 Å². The monoisotopic (exact) mass is 194 g/mol. The quantitative estimate of drug-likeness (QED) is 0.574. The number of ether oxygens (including phenoxy) is 2. The largest absolute Gasteiger partial charge is 0.497 e. The molecule has 0 bridgehead atoms. The smallest absolute Gasteiger partial charge is 0.122 e. The molecule has 2 rings (SSSR count). The normalized spacial score (nSPS) is 24.5. The van der Waals surface area contributed by atoms with Gasteiger partial charge in [-0.2, -0.15) is 0 Å². The minimum absolute atomic E-state index is 0.319. The molecule has 1 saturated heterocycles. The highest BCUT2D eigenvalue weighted by Crippen LogP contribution is 2.35. The maximum Gasteiger partial charge on any atom is 0.122 e. The van der Waals surface area contributed by atoms with E-state index < -0.39 is 0 Å². The number of hydrazine groups is 1. The fraction of sp³-hybridized carbons (Fsp3) is 0.400. The van der Waals surface area contributed by atoms with E-state index in [-0.39, 0.29) is 0 Å². The first kappa shape index (κ1) is 9.30. The Morgan fingerprint density at radius 3 is 2.07 bits per heavy atom. The van der Waals surface area contributed by atoms with Crippen LogP contribution in [0.3, 0.4) is 0 Å². The maximum absolute atomic E-state index is 5.63. The van der Waals surface area contributed by atoms with E-state index in [0.29, 0.717) is 6.04 Å². The summed E-state index contributed by atoms with van der Waals surface area (Å²) in [7, 11) is 3.29. The summed E-state index contributed by atoms with van der Waals surface area (Å²) >= 11 is 0. The van der Waals surface area contributed by atoms with E-state index >= 15 is 0 Å². The predicted molar refractivity (Wildman–Crippen MR) is 53.2 cm³/mol. The van der Waals surface area contributed by atoms with Crippen molar-refractivity contribution in [1.29, 1.82) is 0 Å². The minimum atomic E-state index is 0.319. The molecule has 0 aliphatic carbocycles. The lowest BCUT2D eigenvalue weighted by molar-refractivity contribution is 0.392. The zero-order valence-corrected chi connectivity index (χ0v) is 8.36. The second-order valence-corrected chi connectivity index (χ2v) is 3.36. The highest BCUT2D eigenvalue weighted by atomic mass is 16.5. The Bertz CT molecular complexity index is 319. The van der Waals surface area contributed by atoms with Gasteiger partial charge in [0, 0.05) is 12.6 Å². The molecule has 76 valence electrons. The zero-order valence-electron chi connectivity index (χ0n) is 8.36. The molecule has 0 spiro atoms. The molecule has 4 nitrogen and oxygen atoms in total. The summed E-state index contributed by atoms with van der Waals surface area (Å²) in [4.78, 5) is 0. The number of hydrogen-bond acceptors (Lipinski definition) is 4. The highest BCUT2D eigenvalue weighted by Gasteiger charge is 2.33. The summed E-state index contributed by atoms with van der Waals surface area (Å²) in [6, 6.07) is 6.14. The van der Waals surface area contributed by atoms with Crippen LogP contribution in [0, 0.1) is 0 Å². The molecule has 0 aromatic heterocycles. The van der Waals surface area contributed by atoms with Gasteiger partial charge in [-0.25, -0.2) is 5.01 Å². The Balaban J connectivity index is 2.30. The molecule has 1 fully saturated rings. The van der Waals surface area contributed by atoms with Crippen molar-refractivity contribution >= 4 is 0 Å². The first-order valence-corrected chi connectivity index (χ1v) is 4.49. The topological polar surface area (TPSA) is 47.5 Å². The van der Waals surface area contributed by atoms with Gasteiger partial charge in [-0.1, -0.05) is 0 Å². The minimum Gasteiger partial charge on any atom is -0.497 e. The first-order chi connectivity index (χ1) is 6.74. The average Bonchev–Trinajstić information content (AvgIpc) is 2.94. The van der Waals surface area contributed by atoms with E-state index in [1.54, 1.807) is 19.2 Å². The molecule has 2 atom stereocenters. The molecule has 2 N–H and O–H groups in total. The van der Waals surface area contributed by atoms with Gasteiger partial charge in [-0.3, -0.25) is 5.84 Å². The maximum atomic E-state index is 5.63. The zero-order chi connectivity index (χ0) is 10.1. The predicted octanol–water partition coefficient (Wildman–Crippen LogP) is 0.934. The van der Waals surface area contributed by atoms with E-state index in [9.17, 15) is 0 Å². The molecule has 1 heterocycles. The van der Waals surface area contributed by atoms with Gasteiger partial charge in [-0.05, 0) is 17.7 Å². The van der Waals surface area contributed by atoms with Gasteiger partial charge in [0.2, 0.25) is 0 Å². The van der Waals surface area contributed by atoms with Crippen LogP contribution in [-0.2, 0) is 0 Å². The third-order valence-electron chi connectivity index (χ3n) is 2.41.